The maximum Gasteiger partial charge on any atom is 0.272 e. The number of carbonyl (C=O) groups is 1. The van der Waals surface area contributed by atoms with E-state index in [-0.39, 0.29) is 23.9 Å². The number of hydrogen-bond acceptors (Lipinski definition) is 3. The van der Waals surface area contributed by atoms with E-state index in [0.717, 1.165) is 37.3 Å². The summed E-state index contributed by atoms with van der Waals surface area (Å²) in [4.78, 5) is 12.8. The summed E-state index contributed by atoms with van der Waals surface area (Å²) < 4.78 is 1.99. The molecule has 25 heavy (non-hydrogen) atoms. The summed E-state index contributed by atoms with van der Waals surface area (Å²) >= 11 is 0. The summed E-state index contributed by atoms with van der Waals surface area (Å²) in [5.74, 6) is 2.59. The van der Waals surface area contributed by atoms with Crippen LogP contribution >= 0.6 is 12.4 Å². The van der Waals surface area contributed by atoms with Gasteiger partial charge in [-0.15, -0.1) is 12.4 Å². The number of hydrogen-bond donors (Lipinski definition) is 2. The van der Waals surface area contributed by atoms with Crippen LogP contribution in [0.2, 0.25) is 0 Å². The molecule has 1 amide bonds. The molecule has 4 saturated carbocycles. The molecule has 5 nitrogen and oxygen atoms in total. The third kappa shape index (κ3) is 3.21. The predicted octanol–water partition coefficient (Wildman–Crippen LogP) is 2.93. The zero-order valence-electron chi connectivity index (χ0n) is 14.7. The van der Waals surface area contributed by atoms with Crippen LogP contribution in [-0.4, -0.2) is 34.3 Å². The van der Waals surface area contributed by atoms with Gasteiger partial charge in [0.1, 0.15) is 5.69 Å². The van der Waals surface area contributed by atoms with Crippen LogP contribution in [0.4, 0.5) is 0 Å². The van der Waals surface area contributed by atoms with E-state index < -0.39 is 0 Å². The lowest BCUT2D eigenvalue weighted by molar-refractivity contribution is -0.0168. The third-order valence-electron chi connectivity index (χ3n) is 6.90. The SMILES string of the molecule is Cl.O=C(NC12CC3CC(CC(C3)C1)C2)c1ccn(C2CCCNC2)n1. The molecule has 2 N–H and O–H groups in total. The molecule has 2 heterocycles. The molecular weight excluding hydrogens is 336 g/mol. The fraction of sp³-hybridized carbons (Fsp3) is 0.789. The number of nitrogens with one attached hydrogen (secondary N) is 2. The topological polar surface area (TPSA) is 59.0 Å². The molecule has 1 unspecified atom stereocenters. The van der Waals surface area contributed by atoms with Crippen molar-refractivity contribution in [2.45, 2.75) is 62.9 Å². The summed E-state index contributed by atoms with van der Waals surface area (Å²) in [6.45, 7) is 2.05. The molecule has 5 aliphatic rings. The van der Waals surface area contributed by atoms with Crippen LogP contribution < -0.4 is 10.6 Å². The van der Waals surface area contributed by atoms with Gasteiger partial charge in [0.2, 0.25) is 0 Å². The minimum absolute atomic E-state index is 0. The Morgan fingerprint density at radius 1 is 1.20 bits per heavy atom. The van der Waals surface area contributed by atoms with Gasteiger partial charge in [0.25, 0.3) is 5.91 Å². The Labute approximate surface area is 155 Å². The highest BCUT2D eigenvalue weighted by Gasteiger charge is 2.51. The quantitative estimate of drug-likeness (QED) is 0.866. The first-order valence-corrected chi connectivity index (χ1v) is 9.77. The van der Waals surface area contributed by atoms with E-state index in [0.29, 0.717) is 11.7 Å². The van der Waals surface area contributed by atoms with Crippen LogP contribution in [-0.2, 0) is 0 Å². The number of aromatic nitrogens is 2. The van der Waals surface area contributed by atoms with Gasteiger partial charge in [0, 0.05) is 18.3 Å². The molecule has 6 rings (SSSR count). The Kier molecular flexibility index (Phi) is 4.57. The van der Waals surface area contributed by atoms with Gasteiger partial charge in [-0.3, -0.25) is 9.48 Å². The van der Waals surface area contributed by atoms with Crippen molar-refractivity contribution in [1.82, 2.24) is 20.4 Å². The summed E-state index contributed by atoms with van der Waals surface area (Å²) in [5, 5.41) is 11.4. The van der Waals surface area contributed by atoms with Gasteiger partial charge in [0.15, 0.2) is 0 Å². The molecule has 1 aromatic heterocycles. The summed E-state index contributed by atoms with van der Waals surface area (Å²) in [6.07, 6.45) is 12.1. The van der Waals surface area contributed by atoms with E-state index in [1.807, 2.05) is 16.9 Å². The average molecular weight is 365 g/mol. The Hall–Kier alpha value is -1.07. The van der Waals surface area contributed by atoms with Crippen LogP contribution in [0, 0.1) is 17.8 Å². The fourth-order valence-electron chi connectivity index (χ4n) is 6.29. The molecule has 1 aromatic rings. The summed E-state index contributed by atoms with van der Waals surface area (Å²) in [7, 11) is 0. The first-order chi connectivity index (χ1) is 11.7. The van der Waals surface area contributed by atoms with Gasteiger partial charge in [0.05, 0.1) is 6.04 Å². The van der Waals surface area contributed by atoms with Crippen LogP contribution in [0.25, 0.3) is 0 Å². The lowest BCUT2D eigenvalue weighted by Gasteiger charge is -2.56. The maximum absolute atomic E-state index is 12.8. The summed E-state index contributed by atoms with van der Waals surface area (Å²) in [5.41, 5.74) is 0.665. The number of carbonyl (C=O) groups excluding carboxylic acids is 1. The molecule has 1 saturated heterocycles. The lowest BCUT2D eigenvalue weighted by atomic mass is 9.53. The number of rotatable bonds is 3. The van der Waals surface area contributed by atoms with Gasteiger partial charge in [-0.05, 0) is 81.7 Å². The van der Waals surface area contributed by atoms with Crippen LogP contribution in [0.3, 0.4) is 0 Å². The van der Waals surface area contributed by atoms with E-state index in [1.165, 1.54) is 44.9 Å². The molecule has 6 heteroatoms. The van der Waals surface area contributed by atoms with Crippen LogP contribution in [0.5, 0.6) is 0 Å². The lowest BCUT2D eigenvalue weighted by Crippen LogP contribution is -2.59. The van der Waals surface area contributed by atoms with Crippen molar-refractivity contribution in [3.63, 3.8) is 0 Å². The first-order valence-electron chi connectivity index (χ1n) is 9.77. The second-order valence-electron chi connectivity index (χ2n) is 8.83. The van der Waals surface area contributed by atoms with Crippen molar-refractivity contribution in [1.29, 1.82) is 0 Å². The second kappa shape index (κ2) is 6.58. The van der Waals surface area contributed by atoms with Crippen molar-refractivity contribution in [3.05, 3.63) is 18.0 Å². The van der Waals surface area contributed by atoms with Crippen molar-refractivity contribution in [3.8, 4) is 0 Å². The van der Waals surface area contributed by atoms with Gasteiger partial charge in [-0.25, -0.2) is 0 Å². The average Bonchev–Trinajstić information content (AvgIpc) is 3.04. The van der Waals surface area contributed by atoms with Gasteiger partial charge in [-0.2, -0.15) is 5.10 Å². The molecule has 0 radical (unpaired) electrons. The molecule has 1 aliphatic heterocycles. The van der Waals surface area contributed by atoms with Gasteiger partial charge in [-0.1, -0.05) is 0 Å². The molecule has 0 aromatic carbocycles. The number of amides is 1. The molecule has 1 atom stereocenters. The third-order valence-corrected chi connectivity index (χ3v) is 6.90. The van der Waals surface area contributed by atoms with Crippen molar-refractivity contribution >= 4 is 18.3 Å². The fourth-order valence-corrected chi connectivity index (χ4v) is 6.29. The molecule has 138 valence electrons. The largest absolute Gasteiger partial charge is 0.345 e. The number of piperidine rings is 1. The van der Waals surface area contributed by atoms with E-state index in [4.69, 9.17) is 0 Å². The summed E-state index contributed by atoms with van der Waals surface area (Å²) in [6, 6.07) is 2.28. The highest BCUT2D eigenvalue weighted by Crippen LogP contribution is 2.55. The Balaban J connectivity index is 0.00000157. The van der Waals surface area contributed by atoms with Crippen molar-refractivity contribution in [2.75, 3.05) is 13.1 Å². The normalized spacial score (nSPS) is 39.0. The Morgan fingerprint density at radius 3 is 2.48 bits per heavy atom. The molecule has 4 bridgehead atoms. The van der Waals surface area contributed by atoms with E-state index >= 15 is 0 Å². The molecule has 0 spiro atoms. The van der Waals surface area contributed by atoms with Gasteiger partial charge < -0.3 is 10.6 Å². The standard InChI is InChI=1S/C19H28N4O.ClH/c24-18(17-3-5-23(22-17)16-2-1-4-20-12-16)21-19-9-13-6-14(10-19)8-15(7-13)11-19;/h3,5,13-16,20H,1-2,4,6-12H2,(H,21,24);1H. The predicted molar refractivity (Wildman–Crippen MR) is 99.0 cm³/mol. The Bertz CT molecular complexity index is 602. The minimum atomic E-state index is 0. The highest BCUT2D eigenvalue weighted by atomic mass is 35.5. The Morgan fingerprint density at radius 2 is 1.88 bits per heavy atom. The molecule has 5 fully saturated rings. The first kappa shape index (κ1) is 17.3. The van der Waals surface area contributed by atoms with E-state index in [1.54, 1.807) is 0 Å². The highest BCUT2D eigenvalue weighted by molar-refractivity contribution is 5.92. The zero-order valence-corrected chi connectivity index (χ0v) is 15.6. The number of halogens is 1. The van der Waals surface area contributed by atoms with Crippen LogP contribution in [0.15, 0.2) is 12.3 Å². The van der Waals surface area contributed by atoms with E-state index in [2.05, 4.69) is 15.7 Å². The minimum Gasteiger partial charge on any atom is -0.345 e. The van der Waals surface area contributed by atoms with Crippen molar-refractivity contribution in [2.24, 2.45) is 17.8 Å². The van der Waals surface area contributed by atoms with Crippen molar-refractivity contribution < 1.29 is 4.79 Å². The molecule has 4 aliphatic carbocycles. The molecular formula is C19H29ClN4O. The second-order valence-corrected chi connectivity index (χ2v) is 8.83. The number of nitrogens with zero attached hydrogens (tertiary/aromatic N) is 2. The zero-order chi connectivity index (χ0) is 16.1. The van der Waals surface area contributed by atoms with Gasteiger partial charge >= 0.3 is 0 Å². The maximum atomic E-state index is 12.8. The van der Waals surface area contributed by atoms with E-state index in [9.17, 15) is 4.79 Å². The smallest absolute Gasteiger partial charge is 0.272 e. The van der Waals surface area contributed by atoms with Crippen LogP contribution in [0.1, 0.15) is 67.9 Å². The monoisotopic (exact) mass is 364 g/mol.